The SMILES string of the molecule is CC1(C)Oc2cc3nonc3cc2C(NC2CCCCC2)C1O. The molecule has 1 aliphatic carbocycles. The highest BCUT2D eigenvalue weighted by molar-refractivity contribution is 5.77. The van der Waals surface area contributed by atoms with Crippen LogP contribution in [0.2, 0.25) is 0 Å². The van der Waals surface area contributed by atoms with Crippen LogP contribution >= 0.6 is 0 Å². The van der Waals surface area contributed by atoms with Gasteiger partial charge in [-0.3, -0.25) is 0 Å². The smallest absolute Gasteiger partial charge is 0.138 e. The third-order valence-corrected chi connectivity index (χ3v) is 5.14. The molecule has 2 aliphatic rings. The second-order valence-electron chi connectivity index (χ2n) is 7.27. The third kappa shape index (κ3) is 2.60. The molecule has 1 aromatic carbocycles. The van der Waals surface area contributed by atoms with Crippen molar-refractivity contribution in [3.05, 3.63) is 17.7 Å². The Labute approximate surface area is 135 Å². The Morgan fingerprint density at radius 3 is 2.57 bits per heavy atom. The molecule has 23 heavy (non-hydrogen) atoms. The van der Waals surface area contributed by atoms with Gasteiger partial charge in [-0.25, -0.2) is 4.63 Å². The minimum atomic E-state index is -0.663. The van der Waals surface area contributed by atoms with E-state index in [1.807, 2.05) is 26.0 Å². The Balaban J connectivity index is 1.73. The van der Waals surface area contributed by atoms with Crippen molar-refractivity contribution in [2.75, 3.05) is 0 Å². The van der Waals surface area contributed by atoms with Gasteiger partial charge in [0.15, 0.2) is 0 Å². The maximum atomic E-state index is 10.8. The van der Waals surface area contributed by atoms with E-state index in [2.05, 4.69) is 15.6 Å². The van der Waals surface area contributed by atoms with Crippen LogP contribution in [0, 0.1) is 0 Å². The van der Waals surface area contributed by atoms with E-state index >= 15 is 0 Å². The number of ether oxygens (including phenoxy) is 1. The number of nitrogens with zero attached hydrogens (tertiary/aromatic N) is 2. The minimum Gasteiger partial charge on any atom is -0.485 e. The van der Waals surface area contributed by atoms with E-state index in [4.69, 9.17) is 9.37 Å². The summed E-state index contributed by atoms with van der Waals surface area (Å²) < 4.78 is 10.8. The predicted octanol–water partition coefficient (Wildman–Crippen LogP) is 2.72. The average molecular weight is 317 g/mol. The monoisotopic (exact) mass is 317 g/mol. The molecule has 0 spiro atoms. The van der Waals surface area contributed by atoms with Gasteiger partial charge in [0.1, 0.15) is 28.5 Å². The van der Waals surface area contributed by atoms with Gasteiger partial charge in [-0.05, 0) is 43.1 Å². The number of aliphatic hydroxyl groups excluding tert-OH is 1. The average Bonchev–Trinajstić information content (AvgIpc) is 2.98. The molecule has 0 bridgehead atoms. The fraction of sp³-hybridized carbons (Fsp3) is 0.647. The molecular formula is C17H23N3O3. The predicted molar refractivity (Wildman–Crippen MR) is 85.3 cm³/mol. The lowest BCUT2D eigenvalue weighted by Gasteiger charge is -2.44. The van der Waals surface area contributed by atoms with Gasteiger partial charge in [-0.1, -0.05) is 19.3 Å². The maximum Gasteiger partial charge on any atom is 0.138 e. The van der Waals surface area contributed by atoms with Crippen molar-refractivity contribution in [2.24, 2.45) is 0 Å². The van der Waals surface area contributed by atoms with Crippen molar-refractivity contribution < 1.29 is 14.5 Å². The highest BCUT2D eigenvalue weighted by Gasteiger charge is 2.44. The van der Waals surface area contributed by atoms with E-state index in [1.165, 1.54) is 19.3 Å². The summed E-state index contributed by atoms with van der Waals surface area (Å²) in [6.07, 6.45) is 5.50. The van der Waals surface area contributed by atoms with E-state index in [0.29, 0.717) is 17.1 Å². The van der Waals surface area contributed by atoms with Gasteiger partial charge < -0.3 is 15.2 Å². The summed E-state index contributed by atoms with van der Waals surface area (Å²) in [6, 6.07) is 4.04. The van der Waals surface area contributed by atoms with Crippen molar-refractivity contribution in [2.45, 2.75) is 69.7 Å². The molecule has 1 saturated carbocycles. The Hall–Kier alpha value is -1.66. The molecule has 124 valence electrons. The molecular weight excluding hydrogens is 294 g/mol. The molecule has 6 nitrogen and oxygen atoms in total. The summed E-state index contributed by atoms with van der Waals surface area (Å²) >= 11 is 0. The summed E-state index contributed by atoms with van der Waals surface area (Å²) in [6.45, 7) is 3.84. The normalized spacial score (nSPS) is 27.6. The lowest BCUT2D eigenvalue weighted by molar-refractivity contribution is -0.0670. The zero-order valence-electron chi connectivity index (χ0n) is 13.6. The van der Waals surface area contributed by atoms with Crippen molar-refractivity contribution in [3.8, 4) is 5.75 Å². The fourth-order valence-electron chi connectivity index (χ4n) is 3.78. The quantitative estimate of drug-likeness (QED) is 0.886. The molecule has 2 unspecified atom stereocenters. The highest BCUT2D eigenvalue weighted by atomic mass is 16.6. The standard InChI is InChI=1S/C17H23N3O3/c1-17(2)16(21)15(18-10-6-4-3-5-7-10)11-8-12-13(20-23-19-12)9-14(11)22-17/h8-10,15-16,18,21H,3-7H2,1-2H3. The van der Waals surface area contributed by atoms with E-state index in [0.717, 1.165) is 24.2 Å². The van der Waals surface area contributed by atoms with Gasteiger partial charge in [0, 0.05) is 17.7 Å². The topological polar surface area (TPSA) is 80.4 Å². The first kappa shape index (κ1) is 14.9. The van der Waals surface area contributed by atoms with Gasteiger partial charge in [-0.15, -0.1) is 0 Å². The first-order valence-corrected chi connectivity index (χ1v) is 8.44. The number of fused-ring (bicyclic) bond motifs is 2. The van der Waals surface area contributed by atoms with Crippen molar-refractivity contribution in [1.29, 1.82) is 0 Å². The van der Waals surface area contributed by atoms with Crippen LogP contribution in [0.15, 0.2) is 16.8 Å². The van der Waals surface area contributed by atoms with Crippen LogP contribution in [0.25, 0.3) is 11.0 Å². The van der Waals surface area contributed by atoms with Crippen molar-refractivity contribution >= 4 is 11.0 Å². The summed E-state index contributed by atoms with van der Waals surface area (Å²) in [5.74, 6) is 0.747. The second-order valence-corrected chi connectivity index (χ2v) is 7.27. The van der Waals surface area contributed by atoms with Gasteiger partial charge in [0.25, 0.3) is 0 Å². The first-order valence-electron chi connectivity index (χ1n) is 8.44. The van der Waals surface area contributed by atoms with Crippen LogP contribution in [-0.2, 0) is 0 Å². The fourth-order valence-corrected chi connectivity index (χ4v) is 3.78. The number of nitrogens with one attached hydrogen (secondary N) is 1. The highest BCUT2D eigenvalue weighted by Crippen LogP contribution is 2.42. The third-order valence-electron chi connectivity index (χ3n) is 5.14. The molecule has 6 heteroatoms. The number of hydrogen-bond acceptors (Lipinski definition) is 6. The van der Waals surface area contributed by atoms with Crippen LogP contribution in [0.1, 0.15) is 57.6 Å². The summed E-state index contributed by atoms with van der Waals surface area (Å²) in [5, 5.41) is 22.3. The number of aliphatic hydroxyl groups is 1. The molecule has 2 aromatic rings. The Kier molecular flexibility index (Phi) is 3.54. The Morgan fingerprint density at radius 1 is 1.13 bits per heavy atom. The first-order chi connectivity index (χ1) is 11.0. The summed E-state index contributed by atoms with van der Waals surface area (Å²) in [5.41, 5.74) is 1.64. The van der Waals surface area contributed by atoms with Crippen molar-refractivity contribution in [3.63, 3.8) is 0 Å². The Bertz CT molecular complexity index is 706. The largest absolute Gasteiger partial charge is 0.485 e. The second kappa shape index (κ2) is 5.46. The number of rotatable bonds is 2. The van der Waals surface area contributed by atoms with Gasteiger partial charge in [0.05, 0.1) is 6.04 Å². The zero-order valence-corrected chi connectivity index (χ0v) is 13.6. The minimum absolute atomic E-state index is 0.169. The van der Waals surface area contributed by atoms with E-state index in [-0.39, 0.29) is 6.04 Å². The van der Waals surface area contributed by atoms with Gasteiger partial charge in [-0.2, -0.15) is 0 Å². The molecule has 1 fully saturated rings. The lowest BCUT2D eigenvalue weighted by Crippen LogP contribution is -2.54. The zero-order chi connectivity index (χ0) is 16.0. The number of hydrogen-bond donors (Lipinski definition) is 2. The summed E-state index contributed by atoms with van der Waals surface area (Å²) in [4.78, 5) is 0. The molecule has 4 rings (SSSR count). The molecule has 1 aliphatic heterocycles. The van der Waals surface area contributed by atoms with Gasteiger partial charge >= 0.3 is 0 Å². The molecule has 2 atom stereocenters. The van der Waals surface area contributed by atoms with E-state index in [9.17, 15) is 5.11 Å². The van der Waals surface area contributed by atoms with Crippen LogP contribution < -0.4 is 10.1 Å². The van der Waals surface area contributed by atoms with Crippen LogP contribution in [0.3, 0.4) is 0 Å². The number of aromatic nitrogens is 2. The molecule has 0 amide bonds. The molecule has 2 N–H and O–H groups in total. The van der Waals surface area contributed by atoms with Gasteiger partial charge in [0.2, 0.25) is 0 Å². The molecule has 0 radical (unpaired) electrons. The van der Waals surface area contributed by atoms with Crippen molar-refractivity contribution in [1.82, 2.24) is 15.6 Å². The van der Waals surface area contributed by atoms with Crippen LogP contribution in [0.5, 0.6) is 5.75 Å². The summed E-state index contributed by atoms with van der Waals surface area (Å²) in [7, 11) is 0. The van der Waals surface area contributed by atoms with Crippen LogP contribution in [-0.4, -0.2) is 33.2 Å². The molecule has 1 aromatic heterocycles. The lowest BCUT2D eigenvalue weighted by atomic mass is 9.84. The van der Waals surface area contributed by atoms with E-state index < -0.39 is 11.7 Å². The number of benzene rings is 1. The van der Waals surface area contributed by atoms with Crippen LogP contribution in [0.4, 0.5) is 0 Å². The molecule has 0 saturated heterocycles. The maximum absolute atomic E-state index is 10.8. The Morgan fingerprint density at radius 2 is 1.83 bits per heavy atom. The molecule has 2 heterocycles. The van der Waals surface area contributed by atoms with E-state index in [1.54, 1.807) is 0 Å².